The number of rotatable bonds is 3. The summed E-state index contributed by atoms with van der Waals surface area (Å²) in [5.41, 5.74) is 0.802. The number of hydrogen-bond donors (Lipinski definition) is 1. The van der Waals surface area contributed by atoms with Gasteiger partial charge in [0, 0.05) is 30.8 Å². The van der Waals surface area contributed by atoms with Gasteiger partial charge in [0.2, 0.25) is 0 Å². The van der Waals surface area contributed by atoms with Crippen molar-refractivity contribution in [2.45, 2.75) is 44.9 Å². The van der Waals surface area contributed by atoms with Gasteiger partial charge in [0.15, 0.2) is 0 Å². The molecule has 1 saturated carbocycles. The molecule has 0 amide bonds. The second-order valence-electron chi connectivity index (χ2n) is 5.60. The lowest BCUT2D eigenvalue weighted by Crippen LogP contribution is -2.43. The minimum Gasteiger partial charge on any atom is -0.378 e. The summed E-state index contributed by atoms with van der Waals surface area (Å²) in [7, 11) is 0. The fraction of sp³-hybridized carbons (Fsp3) is 0.643. The van der Waals surface area contributed by atoms with E-state index >= 15 is 0 Å². The molecular weight excluding hydrogens is 228 g/mol. The highest BCUT2D eigenvalue weighted by Gasteiger charge is 2.46. The van der Waals surface area contributed by atoms with Gasteiger partial charge in [-0.25, -0.2) is 0 Å². The summed E-state index contributed by atoms with van der Waals surface area (Å²) in [6, 6.07) is 4.42. The number of aromatic nitrogens is 1. The summed E-state index contributed by atoms with van der Waals surface area (Å²) in [6.45, 7) is 4.94. The smallest absolute Gasteiger partial charge is 0.274 e. The van der Waals surface area contributed by atoms with Crippen molar-refractivity contribution in [1.82, 2.24) is 4.57 Å². The summed E-state index contributed by atoms with van der Waals surface area (Å²) in [6.07, 6.45) is 4.37. The summed E-state index contributed by atoms with van der Waals surface area (Å²) >= 11 is 0. The van der Waals surface area contributed by atoms with E-state index in [1.165, 1.54) is 0 Å². The molecule has 2 heterocycles. The Morgan fingerprint density at radius 1 is 1.50 bits per heavy atom. The third-order valence-electron chi connectivity index (χ3n) is 4.00. The highest BCUT2D eigenvalue weighted by molar-refractivity contribution is 5.41. The van der Waals surface area contributed by atoms with Crippen molar-refractivity contribution in [3.05, 3.63) is 28.7 Å². The molecule has 1 N–H and O–H groups in total. The van der Waals surface area contributed by atoms with Crippen LogP contribution >= 0.6 is 0 Å². The van der Waals surface area contributed by atoms with Crippen LogP contribution in [0.5, 0.6) is 0 Å². The number of pyridine rings is 1. The van der Waals surface area contributed by atoms with Crippen LogP contribution in [0.25, 0.3) is 0 Å². The lowest BCUT2D eigenvalue weighted by Gasteiger charge is -2.40. The fourth-order valence-corrected chi connectivity index (χ4v) is 3.08. The number of nitrogens with zero attached hydrogens (tertiary/aromatic N) is 1. The standard InChI is InChI=1S/C14H20N2O2/c1-9(2)15-11-4-3-6-16(14(11)17)12-8-13-10(12)5-7-18-13/h3-4,6,9-10,12-13,15H,5,7-8H2,1-2H3/t10-,12+,13+/m1/s1. The Morgan fingerprint density at radius 2 is 2.33 bits per heavy atom. The van der Waals surface area contributed by atoms with Gasteiger partial charge in [0.25, 0.3) is 5.56 Å². The van der Waals surface area contributed by atoms with E-state index < -0.39 is 0 Å². The van der Waals surface area contributed by atoms with Gasteiger partial charge in [-0.15, -0.1) is 0 Å². The van der Waals surface area contributed by atoms with Crippen LogP contribution < -0.4 is 10.9 Å². The molecule has 1 aliphatic carbocycles. The van der Waals surface area contributed by atoms with E-state index in [0.29, 0.717) is 23.8 Å². The Bertz CT molecular complexity index is 495. The molecule has 1 aromatic rings. The van der Waals surface area contributed by atoms with Crippen molar-refractivity contribution >= 4 is 5.69 Å². The van der Waals surface area contributed by atoms with E-state index in [-0.39, 0.29) is 11.6 Å². The zero-order chi connectivity index (χ0) is 12.7. The second-order valence-corrected chi connectivity index (χ2v) is 5.60. The van der Waals surface area contributed by atoms with Crippen LogP contribution in [0.3, 0.4) is 0 Å². The van der Waals surface area contributed by atoms with E-state index in [1.54, 1.807) is 0 Å². The molecule has 0 bridgehead atoms. The lowest BCUT2D eigenvalue weighted by molar-refractivity contribution is -0.00682. The lowest BCUT2D eigenvalue weighted by atomic mass is 9.76. The third-order valence-corrected chi connectivity index (χ3v) is 4.00. The quantitative estimate of drug-likeness (QED) is 0.890. The van der Waals surface area contributed by atoms with Gasteiger partial charge in [-0.1, -0.05) is 0 Å². The summed E-state index contributed by atoms with van der Waals surface area (Å²) in [5, 5.41) is 3.21. The van der Waals surface area contributed by atoms with Crippen LogP contribution in [0.2, 0.25) is 0 Å². The summed E-state index contributed by atoms with van der Waals surface area (Å²) in [5.74, 6) is 0.539. The van der Waals surface area contributed by atoms with Gasteiger partial charge in [0.05, 0.1) is 6.10 Å². The number of fused-ring (bicyclic) bond motifs is 1. The van der Waals surface area contributed by atoms with Crippen LogP contribution in [-0.2, 0) is 4.74 Å². The second kappa shape index (κ2) is 4.43. The molecule has 0 unspecified atom stereocenters. The van der Waals surface area contributed by atoms with Crippen molar-refractivity contribution in [2.24, 2.45) is 5.92 Å². The molecule has 98 valence electrons. The third kappa shape index (κ3) is 1.85. The van der Waals surface area contributed by atoms with Gasteiger partial charge in [0.1, 0.15) is 5.69 Å². The van der Waals surface area contributed by atoms with Crippen LogP contribution in [0.15, 0.2) is 23.1 Å². The molecule has 0 radical (unpaired) electrons. The molecule has 2 aliphatic rings. The van der Waals surface area contributed by atoms with Crippen LogP contribution in [0.4, 0.5) is 5.69 Å². The predicted octanol–water partition coefficient (Wildman–Crippen LogP) is 2.02. The molecule has 1 saturated heterocycles. The van der Waals surface area contributed by atoms with Crippen molar-refractivity contribution in [1.29, 1.82) is 0 Å². The minimum absolute atomic E-state index is 0.0987. The number of hydrogen-bond acceptors (Lipinski definition) is 3. The molecule has 18 heavy (non-hydrogen) atoms. The first-order valence-corrected chi connectivity index (χ1v) is 6.76. The van der Waals surface area contributed by atoms with E-state index in [9.17, 15) is 4.79 Å². The van der Waals surface area contributed by atoms with Gasteiger partial charge < -0.3 is 14.6 Å². The van der Waals surface area contributed by atoms with Gasteiger partial charge in [-0.05, 0) is 38.8 Å². The van der Waals surface area contributed by atoms with Crippen molar-refractivity contribution in [3.63, 3.8) is 0 Å². The molecule has 4 heteroatoms. The average Bonchev–Trinajstić information content (AvgIpc) is 2.65. The topological polar surface area (TPSA) is 43.3 Å². The maximum Gasteiger partial charge on any atom is 0.274 e. The van der Waals surface area contributed by atoms with Crippen LogP contribution in [-0.4, -0.2) is 23.3 Å². The van der Waals surface area contributed by atoms with E-state index in [0.717, 1.165) is 19.4 Å². The number of ether oxygens (including phenoxy) is 1. The summed E-state index contributed by atoms with van der Waals surface area (Å²) in [4.78, 5) is 12.4. The molecule has 1 aliphatic heterocycles. The Labute approximate surface area is 107 Å². The molecule has 1 aromatic heterocycles. The molecule has 3 atom stereocenters. The first kappa shape index (κ1) is 11.8. The van der Waals surface area contributed by atoms with Crippen molar-refractivity contribution in [2.75, 3.05) is 11.9 Å². The molecule has 3 rings (SSSR count). The number of nitrogens with one attached hydrogen (secondary N) is 1. The predicted molar refractivity (Wildman–Crippen MR) is 71.0 cm³/mol. The zero-order valence-electron chi connectivity index (χ0n) is 10.9. The molecule has 4 nitrogen and oxygen atoms in total. The SMILES string of the molecule is CC(C)Nc1cccn([C@H]2C[C@@H]3OCC[C@@H]32)c1=O. The Morgan fingerprint density at radius 3 is 3.06 bits per heavy atom. The molecule has 0 aromatic carbocycles. The first-order chi connectivity index (χ1) is 8.66. The van der Waals surface area contributed by atoms with Gasteiger partial charge in [-0.2, -0.15) is 0 Å². The monoisotopic (exact) mass is 248 g/mol. The van der Waals surface area contributed by atoms with Gasteiger partial charge in [-0.3, -0.25) is 4.79 Å². The first-order valence-electron chi connectivity index (χ1n) is 6.76. The molecule has 0 spiro atoms. The molecular formula is C14H20N2O2. The highest BCUT2D eigenvalue weighted by atomic mass is 16.5. The number of anilines is 1. The largest absolute Gasteiger partial charge is 0.378 e. The van der Waals surface area contributed by atoms with E-state index in [4.69, 9.17) is 4.74 Å². The maximum absolute atomic E-state index is 12.4. The van der Waals surface area contributed by atoms with Crippen LogP contribution in [0, 0.1) is 5.92 Å². The summed E-state index contributed by atoms with van der Waals surface area (Å²) < 4.78 is 7.50. The van der Waals surface area contributed by atoms with Crippen molar-refractivity contribution in [3.8, 4) is 0 Å². The normalized spacial score (nSPS) is 30.1. The maximum atomic E-state index is 12.4. The average molecular weight is 248 g/mol. The van der Waals surface area contributed by atoms with Gasteiger partial charge >= 0.3 is 0 Å². The highest BCUT2D eigenvalue weighted by Crippen LogP contribution is 2.46. The Balaban J connectivity index is 1.86. The van der Waals surface area contributed by atoms with E-state index in [2.05, 4.69) is 5.32 Å². The fourth-order valence-electron chi connectivity index (χ4n) is 3.08. The van der Waals surface area contributed by atoms with E-state index in [1.807, 2.05) is 36.7 Å². The van der Waals surface area contributed by atoms with Crippen molar-refractivity contribution < 1.29 is 4.74 Å². The molecule has 2 fully saturated rings. The van der Waals surface area contributed by atoms with Crippen LogP contribution in [0.1, 0.15) is 32.7 Å². The Kier molecular flexibility index (Phi) is 2.90. The zero-order valence-corrected chi connectivity index (χ0v) is 10.9. The minimum atomic E-state index is 0.0987. The Hall–Kier alpha value is -1.29.